The molecular weight excluding hydrogens is 461 g/mol. The molecule has 6 heteroatoms. The van der Waals surface area contributed by atoms with Crippen LogP contribution in [0.3, 0.4) is 0 Å². The smallest absolute Gasteiger partial charge is 0.191 e. The van der Waals surface area contributed by atoms with Gasteiger partial charge in [-0.15, -0.1) is 24.0 Å². The van der Waals surface area contributed by atoms with Crippen LogP contribution in [0.5, 0.6) is 0 Å². The van der Waals surface area contributed by atoms with Crippen molar-refractivity contribution in [2.75, 3.05) is 13.2 Å². The zero-order valence-electron chi connectivity index (χ0n) is 15.7. The number of aliphatic imine (C=N–C) groups is 1. The Morgan fingerprint density at radius 1 is 1.35 bits per heavy atom. The van der Waals surface area contributed by atoms with Gasteiger partial charge in [0.1, 0.15) is 0 Å². The quantitative estimate of drug-likeness (QED) is 0.379. The molecule has 1 aromatic carbocycles. The number of rotatable bonds is 4. The van der Waals surface area contributed by atoms with Crippen molar-refractivity contribution in [3.63, 3.8) is 0 Å². The molecule has 5 atom stereocenters. The second-order valence-electron chi connectivity index (χ2n) is 8.16. The van der Waals surface area contributed by atoms with Gasteiger partial charge in [-0.25, -0.2) is 0 Å². The second-order valence-corrected chi connectivity index (χ2v) is 8.59. The molecule has 144 valence electrons. The minimum absolute atomic E-state index is 0. The Morgan fingerprint density at radius 2 is 2.15 bits per heavy atom. The molecule has 0 amide bonds. The SMILES string of the molecule is CCN=C(NC1CC1c1cccc(Cl)c1)NC1C2CCOC2C1(C)C.I. The summed E-state index contributed by atoms with van der Waals surface area (Å²) in [5, 5.41) is 8.15. The predicted octanol–water partition coefficient (Wildman–Crippen LogP) is 4.18. The number of nitrogens with one attached hydrogen (secondary N) is 2. The Morgan fingerprint density at radius 3 is 2.88 bits per heavy atom. The largest absolute Gasteiger partial charge is 0.377 e. The molecule has 1 heterocycles. The van der Waals surface area contributed by atoms with Crippen molar-refractivity contribution in [1.29, 1.82) is 0 Å². The highest BCUT2D eigenvalue weighted by molar-refractivity contribution is 14.0. The lowest BCUT2D eigenvalue weighted by Crippen LogP contribution is -2.68. The van der Waals surface area contributed by atoms with E-state index in [4.69, 9.17) is 16.3 Å². The van der Waals surface area contributed by atoms with Crippen LogP contribution in [0.15, 0.2) is 29.3 Å². The molecule has 2 aliphatic carbocycles. The summed E-state index contributed by atoms with van der Waals surface area (Å²) in [5.74, 6) is 2.08. The number of fused-ring (bicyclic) bond motifs is 1. The molecule has 4 rings (SSSR count). The van der Waals surface area contributed by atoms with Gasteiger partial charge in [0.25, 0.3) is 0 Å². The van der Waals surface area contributed by atoms with Gasteiger partial charge in [0.05, 0.1) is 6.10 Å². The summed E-state index contributed by atoms with van der Waals surface area (Å²) in [5.41, 5.74) is 1.47. The summed E-state index contributed by atoms with van der Waals surface area (Å²) in [7, 11) is 0. The molecule has 0 aromatic heterocycles. The number of hydrogen-bond donors (Lipinski definition) is 2. The van der Waals surface area contributed by atoms with Crippen molar-refractivity contribution in [3.8, 4) is 0 Å². The van der Waals surface area contributed by atoms with E-state index in [1.54, 1.807) is 0 Å². The topological polar surface area (TPSA) is 45.7 Å². The average Bonchev–Trinajstić information content (AvgIpc) is 3.18. The van der Waals surface area contributed by atoms with Crippen LogP contribution in [-0.4, -0.2) is 37.3 Å². The minimum atomic E-state index is 0. The maximum atomic E-state index is 6.13. The lowest BCUT2D eigenvalue weighted by atomic mass is 9.57. The van der Waals surface area contributed by atoms with Gasteiger partial charge in [0.2, 0.25) is 0 Å². The average molecular weight is 490 g/mol. The molecule has 3 aliphatic rings. The Labute approximate surface area is 178 Å². The van der Waals surface area contributed by atoms with E-state index in [1.165, 1.54) is 5.56 Å². The molecule has 4 nitrogen and oxygen atoms in total. The van der Waals surface area contributed by atoms with E-state index in [-0.39, 0.29) is 29.4 Å². The van der Waals surface area contributed by atoms with Crippen molar-refractivity contribution in [1.82, 2.24) is 10.6 Å². The van der Waals surface area contributed by atoms with Gasteiger partial charge < -0.3 is 15.4 Å². The minimum Gasteiger partial charge on any atom is -0.377 e. The number of ether oxygens (including phenoxy) is 1. The molecule has 3 fully saturated rings. The fraction of sp³-hybridized carbons (Fsp3) is 0.650. The molecule has 0 spiro atoms. The molecule has 2 saturated carbocycles. The van der Waals surface area contributed by atoms with E-state index in [0.29, 0.717) is 30.0 Å². The van der Waals surface area contributed by atoms with E-state index >= 15 is 0 Å². The molecule has 26 heavy (non-hydrogen) atoms. The third-order valence-corrected chi connectivity index (χ3v) is 6.33. The summed E-state index contributed by atoms with van der Waals surface area (Å²) < 4.78 is 5.91. The van der Waals surface area contributed by atoms with E-state index < -0.39 is 0 Å². The van der Waals surface area contributed by atoms with Crippen molar-refractivity contribution < 1.29 is 4.74 Å². The Kier molecular flexibility index (Phi) is 6.09. The Balaban J connectivity index is 0.00000196. The van der Waals surface area contributed by atoms with Crippen LogP contribution in [-0.2, 0) is 4.74 Å². The predicted molar refractivity (Wildman–Crippen MR) is 118 cm³/mol. The van der Waals surface area contributed by atoms with Crippen LogP contribution in [0.2, 0.25) is 5.02 Å². The fourth-order valence-electron chi connectivity index (χ4n) is 4.69. The first-order valence-electron chi connectivity index (χ1n) is 9.45. The van der Waals surface area contributed by atoms with E-state index in [1.807, 2.05) is 12.1 Å². The molecule has 1 aliphatic heterocycles. The molecule has 2 N–H and O–H groups in total. The fourth-order valence-corrected chi connectivity index (χ4v) is 4.89. The first-order chi connectivity index (χ1) is 12.0. The van der Waals surface area contributed by atoms with Gasteiger partial charge >= 0.3 is 0 Å². The first-order valence-corrected chi connectivity index (χ1v) is 9.83. The standard InChI is InChI=1S/C20H28ClN3O.HI/c1-4-22-19(24-17-14-8-9-25-18(14)20(17,2)3)23-16-11-15(16)12-6-5-7-13(21)10-12;/h5-7,10,14-18H,4,8-9,11H2,1-3H3,(H2,22,23,24);1H. The second kappa shape index (κ2) is 7.84. The van der Waals surface area contributed by atoms with Gasteiger partial charge in [-0.1, -0.05) is 37.6 Å². The van der Waals surface area contributed by atoms with Crippen LogP contribution in [0.1, 0.15) is 45.1 Å². The number of nitrogens with zero attached hydrogens (tertiary/aromatic N) is 1. The number of benzene rings is 1. The maximum Gasteiger partial charge on any atom is 0.191 e. The molecule has 1 saturated heterocycles. The van der Waals surface area contributed by atoms with Crippen LogP contribution >= 0.6 is 35.6 Å². The third-order valence-electron chi connectivity index (χ3n) is 6.10. The van der Waals surface area contributed by atoms with E-state index in [2.05, 4.69) is 48.5 Å². The highest BCUT2D eigenvalue weighted by Crippen LogP contribution is 2.52. The summed E-state index contributed by atoms with van der Waals surface area (Å²) in [6, 6.07) is 9.07. The van der Waals surface area contributed by atoms with Crippen LogP contribution < -0.4 is 10.6 Å². The van der Waals surface area contributed by atoms with Gasteiger partial charge in [-0.05, 0) is 37.5 Å². The van der Waals surface area contributed by atoms with Gasteiger partial charge in [-0.2, -0.15) is 0 Å². The molecule has 1 aromatic rings. The lowest BCUT2D eigenvalue weighted by Gasteiger charge is -2.55. The highest BCUT2D eigenvalue weighted by atomic mass is 127. The number of halogens is 2. The van der Waals surface area contributed by atoms with Crippen molar-refractivity contribution in [3.05, 3.63) is 34.9 Å². The monoisotopic (exact) mass is 489 g/mol. The van der Waals surface area contributed by atoms with Crippen molar-refractivity contribution >= 4 is 41.5 Å². The summed E-state index contributed by atoms with van der Waals surface area (Å²) in [6.45, 7) is 8.35. The first kappa shape index (κ1) is 20.2. The van der Waals surface area contributed by atoms with Crippen molar-refractivity contribution in [2.24, 2.45) is 16.3 Å². The highest BCUT2D eigenvalue weighted by Gasteiger charge is 2.59. The number of guanidine groups is 1. The van der Waals surface area contributed by atoms with Gasteiger partial charge in [0.15, 0.2) is 5.96 Å². The lowest BCUT2D eigenvalue weighted by molar-refractivity contribution is -0.106. The summed E-state index contributed by atoms with van der Waals surface area (Å²) >= 11 is 6.13. The summed E-state index contributed by atoms with van der Waals surface area (Å²) in [4.78, 5) is 4.68. The molecule has 0 bridgehead atoms. The van der Waals surface area contributed by atoms with Gasteiger partial charge in [-0.3, -0.25) is 4.99 Å². The Hall–Kier alpha value is -0.530. The van der Waals surface area contributed by atoms with Gasteiger partial charge in [0, 0.05) is 47.5 Å². The van der Waals surface area contributed by atoms with E-state index in [0.717, 1.165) is 37.0 Å². The third kappa shape index (κ3) is 3.72. The zero-order chi connectivity index (χ0) is 17.6. The zero-order valence-corrected chi connectivity index (χ0v) is 18.8. The van der Waals surface area contributed by atoms with Crippen LogP contribution in [0.25, 0.3) is 0 Å². The summed E-state index contributed by atoms with van der Waals surface area (Å²) in [6.07, 6.45) is 2.68. The normalized spacial score (nSPS) is 34.3. The molecular formula is C20H29ClIN3O. The van der Waals surface area contributed by atoms with Crippen LogP contribution in [0, 0.1) is 11.3 Å². The Bertz CT molecular complexity index is 681. The maximum absolute atomic E-state index is 6.13. The molecule has 0 radical (unpaired) electrons. The molecule has 5 unspecified atom stereocenters. The van der Waals surface area contributed by atoms with Crippen molar-refractivity contribution in [2.45, 2.75) is 57.7 Å². The van der Waals surface area contributed by atoms with Crippen LogP contribution in [0.4, 0.5) is 0 Å². The number of hydrogen-bond acceptors (Lipinski definition) is 2. The van der Waals surface area contributed by atoms with E-state index in [9.17, 15) is 0 Å².